The SMILES string of the molecule is CCNC(=NCC1CCCO1)NCCC(=O)Nc1ccc(C)cn1.I. The zero-order valence-electron chi connectivity index (χ0n) is 14.9. The molecule has 2 heterocycles. The number of nitrogens with one attached hydrogen (secondary N) is 3. The molecule has 1 amide bonds. The zero-order chi connectivity index (χ0) is 17.2. The normalized spacial score (nSPS) is 16.9. The van der Waals surface area contributed by atoms with Crippen molar-refractivity contribution in [2.45, 2.75) is 39.2 Å². The molecule has 8 heteroatoms. The maximum absolute atomic E-state index is 11.9. The molecule has 1 aliphatic heterocycles. The van der Waals surface area contributed by atoms with Gasteiger partial charge in [-0.25, -0.2) is 4.98 Å². The molecule has 1 atom stereocenters. The Hall–Kier alpha value is -1.42. The van der Waals surface area contributed by atoms with Crippen LogP contribution in [0.25, 0.3) is 0 Å². The highest BCUT2D eigenvalue weighted by Gasteiger charge is 2.14. The molecule has 3 N–H and O–H groups in total. The average molecular weight is 461 g/mol. The Morgan fingerprint density at radius 2 is 2.24 bits per heavy atom. The van der Waals surface area contributed by atoms with Crippen molar-refractivity contribution in [1.29, 1.82) is 0 Å². The van der Waals surface area contributed by atoms with E-state index < -0.39 is 0 Å². The minimum Gasteiger partial charge on any atom is -0.376 e. The molecule has 1 saturated heterocycles. The highest BCUT2D eigenvalue weighted by atomic mass is 127. The van der Waals surface area contributed by atoms with Gasteiger partial charge in [0.2, 0.25) is 5.91 Å². The van der Waals surface area contributed by atoms with Crippen LogP contribution in [-0.2, 0) is 9.53 Å². The largest absolute Gasteiger partial charge is 0.376 e. The molecule has 0 saturated carbocycles. The number of nitrogens with zero attached hydrogens (tertiary/aromatic N) is 2. The molecule has 0 spiro atoms. The second kappa shape index (κ2) is 12.0. The Labute approximate surface area is 166 Å². The van der Waals surface area contributed by atoms with Crippen molar-refractivity contribution in [3.8, 4) is 0 Å². The number of ether oxygens (including phenoxy) is 1. The van der Waals surface area contributed by atoms with Crippen LogP contribution in [0.4, 0.5) is 5.82 Å². The number of guanidine groups is 1. The molecule has 0 bridgehead atoms. The van der Waals surface area contributed by atoms with Crippen molar-refractivity contribution in [1.82, 2.24) is 15.6 Å². The summed E-state index contributed by atoms with van der Waals surface area (Å²) in [5.41, 5.74) is 1.06. The van der Waals surface area contributed by atoms with Crippen molar-refractivity contribution < 1.29 is 9.53 Å². The van der Waals surface area contributed by atoms with Crippen LogP contribution in [-0.4, -0.2) is 49.2 Å². The third-order valence-corrected chi connectivity index (χ3v) is 3.64. The molecule has 1 unspecified atom stereocenters. The molecule has 0 radical (unpaired) electrons. The molecule has 7 nitrogen and oxygen atoms in total. The fourth-order valence-corrected chi connectivity index (χ4v) is 2.36. The summed E-state index contributed by atoms with van der Waals surface area (Å²) in [7, 11) is 0. The quantitative estimate of drug-likeness (QED) is 0.329. The highest BCUT2D eigenvalue weighted by Crippen LogP contribution is 2.11. The molecule has 2 rings (SSSR count). The Morgan fingerprint density at radius 3 is 2.88 bits per heavy atom. The van der Waals surface area contributed by atoms with Gasteiger partial charge in [-0.05, 0) is 38.3 Å². The molecule has 1 aromatic heterocycles. The summed E-state index contributed by atoms with van der Waals surface area (Å²) in [6, 6.07) is 3.72. The first-order valence-corrected chi connectivity index (χ1v) is 8.53. The van der Waals surface area contributed by atoms with Crippen LogP contribution in [0.2, 0.25) is 0 Å². The number of pyridine rings is 1. The van der Waals surface area contributed by atoms with Gasteiger partial charge in [0.25, 0.3) is 0 Å². The Morgan fingerprint density at radius 1 is 1.40 bits per heavy atom. The van der Waals surface area contributed by atoms with E-state index >= 15 is 0 Å². The van der Waals surface area contributed by atoms with Crippen molar-refractivity contribution in [2.24, 2.45) is 4.99 Å². The fraction of sp³-hybridized carbons (Fsp3) is 0.588. The van der Waals surface area contributed by atoms with E-state index in [-0.39, 0.29) is 36.0 Å². The summed E-state index contributed by atoms with van der Waals surface area (Å²) in [6.45, 7) is 6.73. The van der Waals surface area contributed by atoms with Gasteiger partial charge in [-0.1, -0.05) is 6.07 Å². The van der Waals surface area contributed by atoms with Crippen molar-refractivity contribution in [3.63, 3.8) is 0 Å². The Bertz CT molecular complexity index is 544. The van der Waals surface area contributed by atoms with Gasteiger partial charge >= 0.3 is 0 Å². The van der Waals surface area contributed by atoms with Crippen LogP contribution in [0.3, 0.4) is 0 Å². The van der Waals surface area contributed by atoms with Gasteiger partial charge in [0.1, 0.15) is 5.82 Å². The van der Waals surface area contributed by atoms with Gasteiger partial charge in [-0.3, -0.25) is 9.79 Å². The topological polar surface area (TPSA) is 87.6 Å². The number of anilines is 1. The van der Waals surface area contributed by atoms with Gasteiger partial charge < -0.3 is 20.7 Å². The van der Waals surface area contributed by atoms with E-state index in [1.54, 1.807) is 12.3 Å². The second-order valence-electron chi connectivity index (χ2n) is 5.80. The van der Waals surface area contributed by atoms with Gasteiger partial charge in [0.05, 0.1) is 12.6 Å². The summed E-state index contributed by atoms with van der Waals surface area (Å²) >= 11 is 0. The van der Waals surface area contributed by atoms with Crippen LogP contribution in [0.15, 0.2) is 23.3 Å². The maximum Gasteiger partial charge on any atom is 0.227 e. The molecule has 25 heavy (non-hydrogen) atoms. The lowest BCUT2D eigenvalue weighted by Gasteiger charge is -2.12. The molecule has 1 fully saturated rings. The number of carbonyl (C=O) groups is 1. The van der Waals surface area contributed by atoms with E-state index in [2.05, 4.69) is 25.9 Å². The van der Waals surface area contributed by atoms with Gasteiger partial charge in [-0.2, -0.15) is 0 Å². The lowest BCUT2D eigenvalue weighted by atomic mass is 10.2. The first kappa shape index (κ1) is 21.6. The number of halogens is 1. The van der Waals surface area contributed by atoms with Crippen LogP contribution >= 0.6 is 24.0 Å². The minimum atomic E-state index is -0.0752. The molecule has 0 aliphatic carbocycles. The second-order valence-corrected chi connectivity index (χ2v) is 5.80. The van der Waals surface area contributed by atoms with E-state index in [0.717, 1.165) is 31.6 Å². The maximum atomic E-state index is 11.9. The number of hydrogen-bond acceptors (Lipinski definition) is 4. The van der Waals surface area contributed by atoms with Crippen LogP contribution in [0, 0.1) is 6.92 Å². The van der Waals surface area contributed by atoms with Gasteiger partial charge in [0.15, 0.2) is 5.96 Å². The zero-order valence-corrected chi connectivity index (χ0v) is 17.2. The molecule has 1 aromatic rings. The smallest absolute Gasteiger partial charge is 0.227 e. The predicted octanol–water partition coefficient (Wildman–Crippen LogP) is 2.07. The van der Waals surface area contributed by atoms with Gasteiger partial charge in [0, 0.05) is 32.3 Å². The first-order chi connectivity index (χ1) is 11.7. The van der Waals surface area contributed by atoms with E-state index in [9.17, 15) is 4.79 Å². The lowest BCUT2D eigenvalue weighted by molar-refractivity contribution is -0.116. The molecule has 1 aliphatic rings. The fourth-order valence-electron chi connectivity index (χ4n) is 2.36. The van der Waals surface area contributed by atoms with Crippen LogP contribution in [0.1, 0.15) is 31.7 Å². The Kier molecular flexibility index (Phi) is 10.4. The first-order valence-electron chi connectivity index (χ1n) is 8.53. The highest BCUT2D eigenvalue weighted by molar-refractivity contribution is 14.0. The van der Waals surface area contributed by atoms with Gasteiger partial charge in [-0.15, -0.1) is 24.0 Å². The molecule has 0 aromatic carbocycles. The third kappa shape index (κ3) is 8.48. The summed E-state index contributed by atoms with van der Waals surface area (Å²) in [4.78, 5) is 20.6. The lowest BCUT2D eigenvalue weighted by Crippen LogP contribution is -2.39. The summed E-state index contributed by atoms with van der Waals surface area (Å²) < 4.78 is 5.57. The van der Waals surface area contributed by atoms with Crippen molar-refractivity contribution >= 4 is 41.7 Å². The van der Waals surface area contributed by atoms with Crippen LogP contribution in [0.5, 0.6) is 0 Å². The van der Waals surface area contributed by atoms with Crippen molar-refractivity contribution in [3.05, 3.63) is 23.9 Å². The molecule has 140 valence electrons. The number of carbonyl (C=O) groups excluding carboxylic acids is 1. The van der Waals surface area contributed by atoms with Crippen LogP contribution < -0.4 is 16.0 Å². The van der Waals surface area contributed by atoms with E-state index in [1.165, 1.54) is 0 Å². The number of hydrogen-bond donors (Lipinski definition) is 3. The van der Waals surface area contributed by atoms with E-state index in [4.69, 9.17) is 4.74 Å². The Balaban J connectivity index is 0.00000312. The monoisotopic (exact) mass is 461 g/mol. The van der Waals surface area contributed by atoms with Crippen molar-refractivity contribution in [2.75, 3.05) is 31.6 Å². The summed E-state index contributed by atoms with van der Waals surface area (Å²) in [5.74, 6) is 1.22. The van der Waals surface area contributed by atoms with E-state index in [0.29, 0.717) is 31.3 Å². The number of rotatable bonds is 7. The summed E-state index contributed by atoms with van der Waals surface area (Å²) in [6.07, 6.45) is 4.47. The summed E-state index contributed by atoms with van der Waals surface area (Å²) in [5, 5.41) is 9.13. The average Bonchev–Trinajstić information content (AvgIpc) is 3.08. The third-order valence-electron chi connectivity index (χ3n) is 3.64. The van der Waals surface area contributed by atoms with E-state index in [1.807, 2.05) is 19.9 Å². The standard InChI is InChI=1S/C17H27N5O2.HI/c1-3-18-17(21-12-14-5-4-10-24-14)19-9-8-16(23)22-15-7-6-13(2)11-20-15;/h6-7,11,14H,3-5,8-10,12H2,1-2H3,(H2,18,19,21)(H,20,22,23);1H. The molecular weight excluding hydrogens is 433 g/mol. The predicted molar refractivity (Wildman–Crippen MR) is 111 cm³/mol. The number of aromatic nitrogens is 1. The number of amides is 1. The molecular formula is C17H28IN5O2. The minimum absolute atomic E-state index is 0. The number of aryl methyl sites for hydroxylation is 1. The number of aliphatic imine (C=N–C) groups is 1.